The maximum absolute atomic E-state index is 2.40. The van der Waals surface area contributed by atoms with E-state index in [1.807, 2.05) is 0 Å². The second-order valence-electron chi connectivity index (χ2n) is 6.58. The van der Waals surface area contributed by atoms with Gasteiger partial charge in [0.25, 0.3) is 0 Å². The predicted molar refractivity (Wildman–Crippen MR) is 75.9 cm³/mol. The lowest BCUT2D eigenvalue weighted by molar-refractivity contribution is 0.246. The molecule has 0 N–H and O–H groups in total. The first-order valence-electron chi connectivity index (χ1n) is 6.61. The predicted octanol–water partition coefficient (Wildman–Crippen LogP) is 5.20. The molecule has 0 radical (unpaired) electrons. The van der Waals surface area contributed by atoms with Crippen LogP contribution >= 0.6 is 0 Å². The van der Waals surface area contributed by atoms with Crippen LogP contribution in [0.2, 0.25) is 0 Å². The van der Waals surface area contributed by atoms with E-state index in [1.165, 1.54) is 30.4 Å². The average Bonchev–Trinajstić information content (AvgIpc) is 2.14. The van der Waals surface area contributed by atoms with Crippen LogP contribution < -0.4 is 0 Å². The molecule has 2 atom stereocenters. The van der Waals surface area contributed by atoms with Crippen molar-refractivity contribution in [3.63, 3.8) is 0 Å². The molecule has 0 aromatic carbocycles. The number of rotatable bonds is 2. The lowest BCUT2D eigenvalue weighted by Gasteiger charge is -2.39. The van der Waals surface area contributed by atoms with E-state index in [9.17, 15) is 0 Å². The van der Waals surface area contributed by atoms with Crippen LogP contribution in [0.5, 0.6) is 0 Å². The Hall–Kier alpha value is -1.04. The quantitative estimate of drug-likeness (QED) is 0.609. The van der Waals surface area contributed by atoms with Crippen LogP contribution in [0, 0.1) is 10.8 Å². The minimum atomic E-state index is 0.329. The second kappa shape index (κ2) is 4.33. The highest BCUT2D eigenvalue weighted by Crippen LogP contribution is 2.46. The highest BCUT2D eigenvalue weighted by Gasteiger charge is 2.33. The van der Waals surface area contributed by atoms with Gasteiger partial charge in [0.2, 0.25) is 0 Å². The molecule has 2 unspecified atom stereocenters. The maximum atomic E-state index is 2.40. The van der Waals surface area contributed by atoms with Gasteiger partial charge in [0.05, 0.1) is 0 Å². The average molecular weight is 228 g/mol. The van der Waals surface area contributed by atoms with E-state index in [0.717, 1.165) is 0 Å². The molecule has 0 saturated heterocycles. The first-order chi connectivity index (χ1) is 7.91. The molecule has 0 fully saturated rings. The second-order valence-corrected chi connectivity index (χ2v) is 6.58. The van der Waals surface area contributed by atoms with Gasteiger partial charge < -0.3 is 0 Å². The molecule has 0 saturated carbocycles. The molecule has 92 valence electrons. The molecule has 17 heavy (non-hydrogen) atoms. The van der Waals surface area contributed by atoms with E-state index < -0.39 is 0 Å². The summed E-state index contributed by atoms with van der Waals surface area (Å²) in [7, 11) is 0. The van der Waals surface area contributed by atoms with Crippen molar-refractivity contribution in [3.05, 3.63) is 47.6 Å². The van der Waals surface area contributed by atoms with Crippen molar-refractivity contribution in [1.82, 2.24) is 0 Å². The Kier molecular flexibility index (Phi) is 3.16. The standard InChI is InChI=1S/C17H24/c1-14-7-5-9-16(3,11-14)13-17(4)10-6-8-15(2)12-17/h5-10H,11-13H2,1-4H3. The van der Waals surface area contributed by atoms with E-state index in [4.69, 9.17) is 0 Å². The molecular formula is C17H24. The Morgan fingerprint density at radius 1 is 0.882 bits per heavy atom. The van der Waals surface area contributed by atoms with Gasteiger partial charge in [-0.15, -0.1) is 0 Å². The third kappa shape index (κ3) is 3.00. The zero-order chi connectivity index (χ0) is 12.5. The molecule has 2 aliphatic rings. The molecule has 0 amide bonds. The summed E-state index contributed by atoms with van der Waals surface area (Å²) in [6, 6.07) is 0. The summed E-state index contributed by atoms with van der Waals surface area (Å²) >= 11 is 0. The summed E-state index contributed by atoms with van der Waals surface area (Å²) in [6.45, 7) is 9.28. The zero-order valence-corrected chi connectivity index (χ0v) is 11.6. The first kappa shape index (κ1) is 12.4. The summed E-state index contributed by atoms with van der Waals surface area (Å²) in [5.74, 6) is 0. The van der Waals surface area contributed by atoms with Gasteiger partial charge in [-0.25, -0.2) is 0 Å². The molecule has 0 aliphatic heterocycles. The lowest BCUT2D eigenvalue weighted by Crippen LogP contribution is -2.27. The Morgan fingerprint density at radius 2 is 1.29 bits per heavy atom. The molecule has 0 heterocycles. The first-order valence-corrected chi connectivity index (χ1v) is 6.61. The Morgan fingerprint density at radius 3 is 1.65 bits per heavy atom. The zero-order valence-electron chi connectivity index (χ0n) is 11.6. The van der Waals surface area contributed by atoms with Gasteiger partial charge in [-0.2, -0.15) is 0 Å². The van der Waals surface area contributed by atoms with Crippen LogP contribution in [0.4, 0.5) is 0 Å². The van der Waals surface area contributed by atoms with Gasteiger partial charge in [-0.05, 0) is 43.9 Å². The van der Waals surface area contributed by atoms with Crippen LogP contribution in [0.15, 0.2) is 47.6 Å². The van der Waals surface area contributed by atoms with Crippen LogP contribution in [-0.2, 0) is 0 Å². The van der Waals surface area contributed by atoms with Crippen molar-refractivity contribution < 1.29 is 0 Å². The summed E-state index contributed by atoms with van der Waals surface area (Å²) in [5.41, 5.74) is 3.67. The van der Waals surface area contributed by atoms with Crippen molar-refractivity contribution in [2.45, 2.75) is 47.0 Å². The summed E-state index contributed by atoms with van der Waals surface area (Å²) < 4.78 is 0. The van der Waals surface area contributed by atoms with Crippen molar-refractivity contribution >= 4 is 0 Å². The largest absolute Gasteiger partial charge is 0.0782 e. The molecule has 0 nitrogen and oxygen atoms in total. The fourth-order valence-corrected chi connectivity index (χ4v) is 3.56. The smallest absolute Gasteiger partial charge is 0.00980 e. The summed E-state index contributed by atoms with van der Waals surface area (Å²) in [6.07, 6.45) is 17.4. The summed E-state index contributed by atoms with van der Waals surface area (Å²) in [5, 5.41) is 0. The van der Waals surface area contributed by atoms with E-state index in [0.29, 0.717) is 10.8 Å². The van der Waals surface area contributed by atoms with Crippen molar-refractivity contribution in [2.24, 2.45) is 10.8 Å². The number of hydrogen-bond donors (Lipinski definition) is 0. The van der Waals surface area contributed by atoms with Gasteiger partial charge in [-0.1, -0.05) is 61.4 Å². The normalized spacial score (nSPS) is 36.7. The monoisotopic (exact) mass is 228 g/mol. The molecule has 0 aromatic heterocycles. The molecule has 2 rings (SSSR count). The van der Waals surface area contributed by atoms with Crippen LogP contribution in [0.1, 0.15) is 47.0 Å². The Bertz CT molecular complexity index is 379. The molecule has 0 spiro atoms. The lowest BCUT2D eigenvalue weighted by atomic mass is 9.66. The molecule has 2 aliphatic carbocycles. The Labute approximate surface area is 106 Å². The molecule has 0 heteroatoms. The highest BCUT2D eigenvalue weighted by atomic mass is 14.4. The van der Waals surface area contributed by atoms with Gasteiger partial charge in [0, 0.05) is 0 Å². The highest BCUT2D eigenvalue weighted by molar-refractivity contribution is 5.26. The number of allylic oxidation sites excluding steroid dienone is 8. The fraction of sp³-hybridized carbons (Fsp3) is 0.529. The third-order valence-corrected chi connectivity index (χ3v) is 3.93. The van der Waals surface area contributed by atoms with Gasteiger partial charge >= 0.3 is 0 Å². The fourth-order valence-electron chi connectivity index (χ4n) is 3.56. The minimum Gasteiger partial charge on any atom is -0.0782 e. The van der Waals surface area contributed by atoms with E-state index in [-0.39, 0.29) is 0 Å². The molecule has 0 bridgehead atoms. The molecule has 0 aromatic rings. The van der Waals surface area contributed by atoms with Gasteiger partial charge in [-0.3, -0.25) is 0 Å². The van der Waals surface area contributed by atoms with Crippen LogP contribution in [0.3, 0.4) is 0 Å². The topological polar surface area (TPSA) is 0 Å². The van der Waals surface area contributed by atoms with Crippen LogP contribution in [-0.4, -0.2) is 0 Å². The minimum absolute atomic E-state index is 0.329. The third-order valence-electron chi connectivity index (χ3n) is 3.93. The van der Waals surface area contributed by atoms with Crippen molar-refractivity contribution in [2.75, 3.05) is 0 Å². The van der Waals surface area contributed by atoms with Gasteiger partial charge in [0.15, 0.2) is 0 Å². The van der Waals surface area contributed by atoms with E-state index in [1.54, 1.807) is 0 Å². The molecular weight excluding hydrogens is 204 g/mol. The van der Waals surface area contributed by atoms with Crippen molar-refractivity contribution in [1.29, 1.82) is 0 Å². The van der Waals surface area contributed by atoms with Crippen LogP contribution in [0.25, 0.3) is 0 Å². The maximum Gasteiger partial charge on any atom is -0.00980 e. The van der Waals surface area contributed by atoms with E-state index >= 15 is 0 Å². The summed E-state index contributed by atoms with van der Waals surface area (Å²) in [4.78, 5) is 0. The van der Waals surface area contributed by atoms with Crippen molar-refractivity contribution in [3.8, 4) is 0 Å². The Balaban J connectivity index is 2.12. The SMILES string of the molecule is CC1=CC=CC(C)(CC2(C)C=CC=C(C)C2)C1. The van der Waals surface area contributed by atoms with Gasteiger partial charge in [0.1, 0.15) is 0 Å². The van der Waals surface area contributed by atoms with E-state index in [2.05, 4.69) is 64.2 Å². The number of hydrogen-bond acceptors (Lipinski definition) is 0.